The quantitative estimate of drug-likeness (QED) is 0.745. The minimum atomic E-state index is -3.11. The lowest BCUT2D eigenvalue weighted by molar-refractivity contribution is -0.136. The molecule has 0 radical (unpaired) electrons. The van der Waals surface area contributed by atoms with Gasteiger partial charge in [-0.25, -0.2) is 12.8 Å². The van der Waals surface area contributed by atoms with Crippen LogP contribution in [-0.2, 0) is 24.2 Å². The van der Waals surface area contributed by atoms with Crippen LogP contribution in [0.3, 0.4) is 0 Å². The number of sulfone groups is 1. The van der Waals surface area contributed by atoms with Gasteiger partial charge in [0.1, 0.15) is 11.9 Å². The molecular weight excluding hydrogens is 401 g/mol. The Morgan fingerprint density at radius 1 is 1.24 bits per heavy atom. The van der Waals surface area contributed by atoms with Gasteiger partial charge in [0.15, 0.2) is 9.84 Å². The lowest BCUT2D eigenvalue weighted by Crippen LogP contribution is -2.52. The summed E-state index contributed by atoms with van der Waals surface area (Å²) in [5.74, 6) is -2.57. The second-order valence-corrected chi connectivity index (χ2v) is 9.87. The van der Waals surface area contributed by atoms with Crippen LogP contribution in [0.2, 0.25) is 0 Å². The molecule has 10 heteroatoms. The molecule has 29 heavy (non-hydrogen) atoms. The number of carbonyl (C=O) groups excluding carboxylic acids is 3. The zero-order valence-corrected chi connectivity index (χ0v) is 17.2. The number of benzene rings is 1. The van der Waals surface area contributed by atoms with Crippen molar-refractivity contribution in [3.8, 4) is 0 Å². The summed E-state index contributed by atoms with van der Waals surface area (Å²) in [5, 5.41) is 2.60. The lowest BCUT2D eigenvalue weighted by atomic mass is 10.1. The van der Waals surface area contributed by atoms with Crippen LogP contribution in [0.25, 0.3) is 0 Å². The van der Waals surface area contributed by atoms with Crippen molar-refractivity contribution in [3.63, 3.8) is 0 Å². The molecule has 8 nitrogen and oxygen atoms in total. The molecule has 2 aliphatic heterocycles. The van der Waals surface area contributed by atoms with Crippen LogP contribution in [0.1, 0.15) is 18.9 Å². The number of halogens is 1. The molecule has 3 amide bonds. The molecule has 2 heterocycles. The van der Waals surface area contributed by atoms with Gasteiger partial charge in [0.05, 0.1) is 23.1 Å². The van der Waals surface area contributed by atoms with E-state index in [9.17, 15) is 27.2 Å². The Bertz CT molecular complexity index is 935. The molecule has 2 saturated heterocycles. The minimum Gasteiger partial charge on any atom is -0.344 e. The predicted molar refractivity (Wildman–Crippen MR) is 104 cm³/mol. The highest BCUT2D eigenvalue weighted by Gasteiger charge is 2.37. The maximum Gasteiger partial charge on any atom is 0.244 e. The van der Waals surface area contributed by atoms with Crippen LogP contribution in [0, 0.1) is 18.7 Å². The van der Waals surface area contributed by atoms with Gasteiger partial charge in [-0.3, -0.25) is 14.4 Å². The topological polar surface area (TPSA) is 104 Å². The monoisotopic (exact) mass is 425 g/mol. The molecule has 0 spiro atoms. The number of hydrogen-bond acceptors (Lipinski definition) is 5. The van der Waals surface area contributed by atoms with Crippen LogP contribution in [0.15, 0.2) is 18.2 Å². The molecule has 2 unspecified atom stereocenters. The highest BCUT2D eigenvalue weighted by molar-refractivity contribution is 7.91. The predicted octanol–water partition coefficient (Wildman–Crippen LogP) is 0.249. The van der Waals surface area contributed by atoms with Crippen LogP contribution >= 0.6 is 0 Å². The molecule has 2 aliphatic rings. The highest BCUT2D eigenvalue weighted by atomic mass is 32.2. The summed E-state index contributed by atoms with van der Waals surface area (Å²) >= 11 is 0. The van der Waals surface area contributed by atoms with E-state index >= 15 is 0 Å². The molecule has 0 aliphatic carbocycles. The van der Waals surface area contributed by atoms with Crippen LogP contribution in [0.4, 0.5) is 10.1 Å². The van der Waals surface area contributed by atoms with Crippen LogP contribution < -0.4 is 10.2 Å². The van der Waals surface area contributed by atoms with Crippen molar-refractivity contribution in [3.05, 3.63) is 29.6 Å². The first-order valence-electron chi connectivity index (χ1n) is 9.43. The van der Waals surface area contributed by atoms with Gasteiger partial charge in [0, 0.05) is 26.1 Å². The van der Waals surface area contributed by atoms with Crippen molar-refractivity contribution in [1.29, 1.82) is 0 Å². The third kappa shape index (κ3) is 4.75. The third-order valence-electron chi connectivity index (χ3n) is 5.28. The summed E-state index contributed by atoms with van der Waals surface area (Å²) in [4.78, 5) is 40.0. The molecule has 2 fully saturated rings. The molecule has 0 saturated carbocycles. The average molecular weight is 425 g/mol. The number of nitrogens with one attached hydrogen (secondary N) is 1. The summed E-state index contributed by atoms with van der Waals surface area (Å²) < 4.78 is 37.2. The number of anilines is 1. The van der Waals surface area contributed by atoms with E-state index in [2.05, 4.69) is 5.32 Å². The smallest absolute Gasteiger partial charge is 0.244 e. The fourth-order valence-corrected chi connectivity index (χ4v) is 4.75. The summed E-state index contributed by atoms with van der Waals surface area (Å²) in [5.41, 5.74) is 0.861. The number of carbonyl (C=O) groups is 3. The SMILES string of the molecule is Cc1ccc(N2CC(C(=O)NC(C)C(=O)N3CCS(=O)(=O)CC3)CC2=O)c(F)c1. The Balaban J connectivity index is 1.59. The van der Waals surface area contributed by atoms with Crippen molar-refractivity contribution >= 4 is 33.2 Å². The lowest BCUT2D eigenvalue weighted by Gasteiger charge is -2.29. The Kier molecular flexibility index (Phi) is 5.92. The highest BCUT2D eigenvalue weighted by Crippen LogP contribution is 2.28. The summed E-state index contributed by atoms with van der Waals surface area (Å²) in [6, 6.07) is 3.69. The van der Waals surface area contributed by atoms with E-state index in [0.717, 1.165) is 5.56 Å². The van der Waals surface area contributed by atoms with E-state index in [1.807, 2.05) is 0 Å². The van der Waals surface area contributed by atoms with Crippen molar-refractivity contribution in [2.24, 2.45) is 5.92 Å². The number of nitrogens with zero attached hydrogens (tertiary/aromatic N) is 2. The molecular formula is C19H24FN3O5S. The van der Waals surface area contributed by atoms with Gasteiger partial charge in [-0.1, -0.05) is 6.07 Å². The standard InChI is InChI=1S/C19H24FN3O5S/c1-12-3-4-16(15(20)9-12)23-11-14(10-17(23)24)18(25)21-13(2)19(26)22-5-7-29(27,28)8-6-22/h3-4,9,13-14H,5-8,10-11H2,1-2H3,(H,21,25). The molecule has 0 aromatic heterocycles. The number of hydrogen-bond donors (Lipinski definition) is 1. The zero-order valence-electron chi connectivity index (χ0n) is 16.4. The first-order valence-corrected chi connectivity index (χ1v) is 11.3. The second-order valence-electron chi connectivity index (χ2n) is 7.57. The largest absolute Gasteiger partial charge is 0.344 e. The average Bonchev–Trinajstić information content (AvgIpc) is 3.03. The fourth-order valence-electron chi connectivity index (χ4n) is 3.55. The summed E-state index contributed by atoms with van der Waals surface area (Å²) in [7, 11) is -3.11. The number of aryl methyl sites for hydroxylation is 1. The van der Waals surface area contributed by atoms with Gasteiger partial charge in [-0.05, 0) is 31.5 Å². The van der Waals surface area contributed by atoms with E-state index in [-0.39, 0.29) is 55.1 Å². The molecule has 1 aromatic rings. The van der Waals surface area contributed by atoms with Gasteiger partial charge in [0.25, 0.3) is 0 Å². The first kappa shape index (κ1) is 21.2. The van der Waals surface area contributed by atoms with Crippen molar-refractivity contribution in [2.45, 2.75) is 26.3 Å². The molecule has 3 rings (SSSR count). The third-order valence-corrected chi connectivity index (χ3v) is 6.88. The molecule has 0 bridgehead atoms. The van der Waals surface area contributed by atoms with E-state index in [4.69, 9.17) is 0 Å². The Labute approximate surface area is 169 Å². The second kappa shape index (κ2) is 8.10. The van der Waals surface area contributed by atoms with Gasteiger partial charge < -0.3 is 15.1 Å². The number of amides is 3. The van der Waals surface area contributed by atoms with E-state index in [1.165, 1.54) is 28.9 Å². The summed E-state index contributed by atoms with van der Waals surface area (Å²) in [6.07, 6.45) is -0.0674. The van der Waals surface area contributed by atoms with Gasteiger partial charge in [-0.15, -0.1) is 0 Å². The normalized spacial score (nSPS) is 22.4. The number of rotatable bonds is 4. The van der Waals surface area contributed by atoms with Crippen molar-refractivity contribution < 1.29 is 27.2 Å². The molecule has 1 aromatic carbocycles. The van der Waals surface area contributed by atoms with E-state index < -0.39 is 33.5 Å². The molecule has 1 N–H and O–H groups in total. The molecule has 2 atom stereocenters. The van der Waals surface area contributed by atoms with E-state index in [1.54, 1.807) is 13.0 Å². The first-order chi connectivity index (χ1) is 13.6. The van der Waals surface area contributed by atoms with Gasteiger partial charge in [0.2, 0.25) is 17.7 Å². The van der Waals surface area contributed by atoms with Gasteiger partial charge in [-0.2, -0.15) is 0 Å². The summed E-state index contributed by atoms with van der Waals surface area (Å²) in [6.45, 7) is 3.50. The van der Waals surface area contributed by atoms with E-state index in [0.29, 0.717) is 0 Å². The van der Waals surface area contributed by atoms with Crippen molar-refractivity contribution in [1.82, 2.24) is 10.2 Å². The minimum absolute atomic E-state index is 0.0352. The van der Waals surface area contributed by atoms with Crippen molar-refractivity contribution in [2.75, 3.05) is 36.0 Å². The Morgan fingerprint density at radius 2 is 1.90 bits per heavy atom. The Morgan fingerprint density at radius 3 is 2.52 bits per heavy atom. The fraction of sp³-hybridized carbons (Fsp3) is 0.526. The molecule has 158 valence electrons. The van der Waals surface area contributed by atoms with Gasteiger partial charge >= 0.3 is 0 Å². The maximum absolute atomic E-state index is 14.2. The Hall–Kier alpha value is -2.49. The van der Waals surface area contributed by atoms with Crippen LogP contribution in [0.5, 0.6) is 0 Å². The van der Waals surface area contributed by atoms with Crippen LogP contribution in [-0.4, -0.2) is 68.2 Å². The zero-order chi connectivity index (χ0) is 21.3. The maximum atomic E-state index is 14.2.